The van der Waals surface area contributed by atoms with Crippen molar-refractivity contribution in [3.8, 4) is 0 Å². The van der Waals surface area contributed by atoms with Gasteiger partial charge in [-0.15, -0.1) is 0 Å². The van der Waals surface area contributed by atoms with Crippen LogP contribution in [-0.4, -0.2) is 86.0 Å². The van der Waals surface area contributed by atoms with Crippen LogP contribution in [0.25, 0.3) is 0 Å². The van der Waals surface area contributed by atoms with Gasteiger partial charge < -0.3 is 12.3 Å². The van der Waals surface area contributed by atoms with Gasteiger partial charge in [-0.25, -0.2) is 9.59 Å². The van der Waals surface area contributed by atoms with E-state index in [-0.39, 0.29) is 75.1 Å². The van der Waals surface area contributed by atoms with Gasteiger partial charge in [-0.3, -0.25) is 4.55 Å². The number of benzene rings is 1. The number of hydrogen-bond acceptors (Lipinski definition) is 6. The fourth-order valence-corrected chi connectivity index (χ4v) is 3.80. The van der Waals surface area contributed by atoms with Crippen molar-refractivity contribution in [1.82, 2.24) is 0 Å². The molecule has 4 atom stereocenters. The minimum atomic E-state index is -4.64. The molecular formula is C24H40BaO7S. The Morgan fingerprint density at radius 1 is 0.818 bits per heavy atom. The molecule has 0 aliphatic heterocycles. The summed E-state index contributed by atoms with van der Waals surface area (Å²) in [5, 5.41) is 0. The van der Waals surface area contributed by atoms with Crippen LogP contribution in [0.4, 0.5) is 0 Å². The largest absolute Gasteiger partial charge is 2.00 e. The van der Waals surface area contributed by atoms with Crippen LogP contribution in [0.3, 0.4) is 0 Å². The van der Waals surface area contributed by atoms with Crippen LogP contribution in [0.1, 0.15) is 104 Å². The number of ether oxygens (including phenoxy) is 2. The summed E-state index contributed by atoms with van der Waals surface area (Å²) in [5.41, 5.74) is -0.241. The fraction of sp³-hybridized carbons (Fsp3) is 0.667. The molecule has 0 spiro atoms. The molecule has 186 valence electrons. The van der Waals surface area contributed by atoms with Crippen LogP contribution in [0.5, 0.6) is 0 Å². The summed E-state index contributed by atoms with van der Waals surface area (Å²) in [7, 11) is -4.64. The van der Waals surface area contributed by atoms with Gasteiger partial charge >= 0.3 is 60.8 Å². The van der Waals surface area contributed by atoms with Gasteiger partial charge in [0, 0.05) is 0 Å². The van der Waals surface area contributed by atoms with Gasteiger partial charge in [-0.1, -0.05) is 54.4 Å². The molecule has 0 radical (unpaired) electrons. The molecule has 0 aliphatic carbocycles. The first-order chi connectivity index (χ1) is 14.9. The third-order valence-electron chi connectivity index (χ3n) is 5.86. The third-order valence-corrected chi connectivity index (χ3v) is 6.69. The predicted molar refractivity (Wildman–Crippen MR) is 131 cm³/mol. The van der Waals surface area contributed by atoms with E-state index in [1.165, 1.54) is 6.07 Å². The van der Waals surface area contributed by atoms with E-state index in [0.717, 1.165) is 25.0 Å². The molecule has 33 heavy (non-hydrogen) atoms. The molecule has 9 heteroatoms. The van der Waals surface area contributed by atoms with E-state index in [2.05, 4.69) is 27.7 Å². The number of esters is 2. The van der Waals surface area contributed by atoms with Gasteiger partial charge in [-0.05, 0) is 55.7 Å². The van der Waals surface area contributed by atoms with Crippen molar-refractivity contribution in [1.29, 1.82) is 0 Å². The van der Waals surface area contributed by atoms with E-state index in [4.69, 9.17) is 9.47 Å². The molecule has 0 aliphatic rings. The average Bonchev–Trinajstić information content (AvgIpc) is 2.76. The van der Waals surface area contributed by atoms with Crippen molar-refractivity contribution < 1.29 is 34.9 Å². The van der Waals surface area contributed by atoms with Crippen LogP contribution < -0.4 is 0 Å². The second kappa shape index (κ2) is 15.6. The summed E-state index contributed by atoms with van der Waals surface area (Å²) in [4.78, 5) is 24.9. The molecular weight excluding hydrogens is 570 g/mol. The van der Waals surface area contributed by atoms with E-state index in [9.17, 15) is 22.6 Å². The van der Waals surface area contributed by atoms with Crippen LogP contribution in [0.15, 0.2) is 23.1 Å². The van der Waals surface area contributed by atoms with Gasteiger partial charge in [0.2, 0.25) is 0 Å². The molecule has 0 amide bonds. The first-order valence-electron chi connectivity index (χ1n) is 11.5. The van der Waals surface area contributed by atoms with E-state index in [0.29, 0.717) is 37.5 Å². The molecule has 1 aromatic carbocycles. The summed E-state index contributed by atoms with van der Waals surface area (Å²) < 4.78 is 44.2. The van der Waals surface area contributed by atoms with Crippen LogP contribution in [0, 0.1) is 11.8 Å². The zero-order valence-corrected chi connectivity index (χ0v) is 26.1. The Bertz CT molecular complexity index is 828. The molecule has 0 heterocycles. The maximum Gasteiger partial charge on any atom is 2.00 e. The Morgan fingerprint density at radius 3 is 1.45 bits per heavy atom. The molecule has 4 unspecified atom stereocenters. The summed E-state index contributed by atoms with van der Waals surface area (Å²) in [6.45, 7) is 12.0. The van der Waals surface area contributed by atoms with Crippen molar-refractivity contribution in [3.63, 3.8) is 0 Å². The molecule has 0 fully saturated rings. The normalized spacial score (nSPS) is 15.0. The maximum atomic E-state index is 12.7. The molecule has 1 N–H and O–H groups in total. The summed E-state index contributed by atoms with van der Waals surface area (Å²) in [6.07, 6.45) is 3.80. The second-order valence-electron chi connectivity index (χ2n) is 8.59. The molecule has 0 saturated carbocycles. The summed E-state index contributed by atoms with van der Waals surface area (Å²) >= 11 is 0. The van der Waals surface area contributed by atoms with Crippen molar-refractivity contribution in [3.05, 3.63) is 29.3 Å². The Balaban J connectivity index is -0.00000341. The van der Waals surface area contributed by atoms with Crippen molar-refractivity contribution in [2.45, 2.75) is 97.2 Å². The monoisotopic (exact) mass is 610 g/mol. The molecule has 1 rings (SSSR count). The van der Waals surface area contributed by atoms with Crippen LogP contribution in [0.2, 0.25) is 0 Å². The number of hydrogen-bond donors (Lipinski definition) is 1. The van der Waals surface area contributed by atoms with Crippen molar-refractivity contribution in [2.24, 2.45) is 11.8 Å². The molecule has 0 aromatic heterocycles. The zero-order chi connectivity index (χ0) is 24.5. The van der Waals surface area contributed by atoms with Gasteiger partial charge in [-0.2, -0.15) is 8.42 Å². The Morgan fingerprint density at radius 2 is 1.18 bits per heavy atom. The minimum absolute atomic E-state index is 0. The van der Waals surface area contributed by atoms with Gasteiger partial charge in [0.15, 0.2) is 0 Å². The minimum Gasteiger partial charge on any atom is -1.00 e. The van der Waals surface area contributed by atoms with Gasteiger partial charge in [0.1, 0.15) is 12.2 Å². The molecule has 0 saturated heterocycles. The molecule has 7 nitrogen and oxygen atoms in total. The quantitative estimate of drug-likeness (QED) is 0.178. The third kappa shape index (κ3) is 11.3. The molecule has 0 bridgehead atoms. The van der Waals surface area contributed by atoms with Crippen molar-refractivity contribution >= 4 is 70.9 Å². The topological polar surface area (TPSA) is 107 Å². The van der Waals surface area contributed by atoms with Gasteiger partial charge in [0.25, 0.3) is 10.1 Å². The first kappa shape index (κ1) is 32.6. The standard InChI is InChI=1S/C24H38O7S.Ba.2H/c1-7-16(5)11-20(9-3)30-23(25)18-13-19(15-22(14-18)32(27,28)29)24(26)31-21(10-4)12-17(6)8-2;;;/h13-17,20-21H,7-12H2,1-6H3,(H,27,28,29);;;/q;+2;2*-1. The van der Waals surface area contributed by atoms with E-state index < -0.39 is 27.0 Å². The fourth-order valence-electron chi connectivity index (χ4n) is 3.25. The van der Waals surface area contributed by atoms with Gasteiger partial charge in [0.05, 0.1) is 16.0 Å². The first-order valence-corrected chi connectivity index (χ1v) is 12.9. The van der Waals surface area contributed by atoms with Crippen LogP contribution >= 0.6 is 0 Å². The Kier molecular flexibility index (Phi) is 15.4. The maximum absolute atomic E-state index is 12.7. The predicted octanol–water partition coefficient (Wildman–Crippen LogP) is 5.52. The second-order valence-corrected chi connectivity index (χ2v) is 10.0. The SMILES string of the molecule is CCC(C)CC(CC)OC(=O)c1cc(C(=O)OC(CC)CC(C)CC)cc(S(=O)(=O)O)c1.[Ba+2].[H-].[H-]. The Hall–Kier alpha value is -0.359. The van der Waals surface area contributed by atoms with E-state index in [1.807, 2.05) is 13.8 Å². The zero-order valence-electron chi connectivity index (χ0n) is 22.8. The number of rotatable bonds is 13. The Labute approximate surface area is 242 Å². The molecule has 1 aromatic rings. The average molecular weight is 610 g/mol. The van der Waals surface area contributed by atoms with Crippen LogP contribution in [-0.2, 0) is 19.6 Å². The summed E-state index contributed by atoms with van der Waals surface area (Å²) in [6, 6.07) is 3.28. The van der Waals surface area contributed by atoms with E-state index >= 15 is 0 Å². The number of carbonyl (C=O) groups excluding carboxylic acids is 2. The summed E-state index contributed by atoms with van der Waals surface area (Å²) in [5.74, 6) is -0.768. The van der Waals surface area contributed by atoms with Crippen molar-refractivity contribution in [2.75, 3.05) is 0 Å². The smallest absolute Gasteiger partial charge is 1.00 e. The van der Waals surface area contributed by atoms with E-state index in [1.54, 1.807) is 0 Å². The number of carbonyl (C=O) groups is 2.